The zero-order chi connectivity index (χ0) is 21.5. The summed E-state index contributed by atoms with van der Waals surface area (Å²) in [6, 6.07) is 2.40. The first kappa shape index (κ1) is 23.7. The minimum absolute atomic E-state index is 0.0138. The van der Waals surface area contributed by atoms with E-state index in [1.165, 1.54) is 12.1 Å². The number of hydrogen-bond acceptors (Lipinski definition) is 6. The van der Waals surface area contributed by atoms with Crippen molar-refractivity contribution < 1.29 is 24.4 Å². The van der Waals surface area contributed by atoms with Gasteiger partial charge in [0.2, 0.25) is 0 Å². The molecule has 0 aliphatic rings. The third-order valence-corrected chi connectivity index (χ3v) is 4.09. The van der Waals surface area contributed by atoms with Crippen LogP contribution in [0.5, 0.6) is 0 Å². The Morgan fingerprint density at radius 3 is 2.50 bits per heavy atom. The number of carbonyl (C=O) groups excluding carboxylic acids is 1. The standard InChI is InChI=1S/C18H26BrN3O6/c1-11(7-5-6-8-20-17(25)28-18(2,3)4)21-15-13(16(23)24)9-12(19)10-14(15)22(26)27/h9-11,21H,5-8H2,1-4H3,(H,20,25)(H,23,24)/t11-/m0/s1. The Morgan fingerprint density at radius 2 is 1.96 bits per heavy atom. The molecule has 0 heterocycles. The zero-order valence-electron chi connectivity index (χ0n) is 16.4. The molecule has 0 aromatic heterocycles. The van der Waals surface area contributed by atoms with E-state index in [0.29, 0.717) is 23.9 Å². The first-order valence-corrected chi connectivity index (χ1v) is 9.64. The smallest absolute Gasteiger partial charge is 0.407 e. The summed E-state index contributed by atoms with van der Waals surface area (Å²) >= 11 is 3.10. The molecule has 9 nitrogen and oxygen atoms in total. The molecule has 0 fully saturated rings. The van der Waals surface area contributed by atoms with Crippen LogP contribution < -0.4 is 10.6 Å². The number of carbonyl (C=O) groups is 2. The fourth-order valence-electron chi connectivity index (χ4n) is 2.46. The summed E-state index contributed by atoms with van der Waals surface area (Å²) < 4.78 is 5.46. The van der Waals surface area contributed by atoms with Gasteiger partial charge in [-0.2, -0.15) is 0 Å². The lowest BCUT2D eigenvalue weighted by Crippen LogP contribution is -2.33. The molecule has 1 atom stereocenters. The van der Waals surface area contributed by atoms with Gasteiger partial charge in [0.1, 0.15) is 11.3 Å². The van der Waals surface area contributed by atoms with Crippen molar-refractivity contribution in [1.82, 2.24) is 5.32 Å². The lowest BCUT2D eigenvalue weighted by molar-refractivity contribution is -0.384. The van der Waals surface area contributed by atoms with Crippen LogP contribution in [-0.4, -0.2) is 40.3 Å². The topological polar surface area (TPSA) is 131 Å². The number of nitro groups is 1. The summed E-state index contributed by atoms with van der Waals surface area (Å²) in [5.74, 6) is -1.25. The number of rotatable bonds is 9. The van der Waals surface area contributed by atoms with Crippen LogP contribution >= 0.6 is 15.9 Å². The molecule has 156 valence electrons. The lowest BCUT2D eigenvalue weighted by Gasteiger charge is -2.20. The normalized spacial score (nSPS) is 12.2. The van der Waals surface area contributed by atoms with Gasteiger partial charge in [0.05, 0.1) is 10.5 Å². The maximum absolute atomic E-state index is 11.6. The highest BCUT2D eigenvalue weighted by Crippen LogP contribution is 2.33. The van der Waals surface area contributed by atoms with Gasteiger partial charge >= 0.3 is 12.1 Å². The molecule has 0 unspecified atom stereocenters. The van der Waals surface area contributed by atoms with Crippen molar-refractivity contribution in [2.45, 2.75) is 58.6 Å². The molecule has 1 aromatic carbocycles. The minimum atomic E-state index is -1.25. The summed E-state index contributed by atoms with van der Waals surface area (Å²) in [6.07, 6.45) is 1.59. The van der Waals surface area contributed by atoms with E-state index in [1.54, 1.807) is 20.8 Å². The zero-order valence-corrected chi connectivity index (χ0v) is 18.0. The monoisotopic (exact) mass is 459 g/mol. The number of hydrogen-bond donors (Lipinski definition) is 3. The van der Waals surface area contributed by atoms with Crippen LogP contribution in [0.25, 0.3) is 0 Å². The summed E-state index contributed by atoms with van der Waals surface area (Å²) in [7, 11) is 0. The van der Waals surface area contributed by atoms with Crippen molar-refractivity contribution in [2.75, 3.05) is 11.9 Å². The van der Waals surface area contributed by atoms with Gasteiger partial charge in [0, 0.05) is 23.1 Å². The molecule has 1 rings (SSSR count). The Balaban J connectivity index is 2.60. The van der Waals surface area contributed by atoms with Crippen LogP contribution in [0, 0.1) is 10.1 Å². The van der Waals surface area contributed by atoms with Crippen molar-refractivity contribution in [3.05, 3.63) is 32.3 Å². The molecule has 0 aliphatic heterocycles. The number of nitro benzene ring substituents is 1. The number of amides is 1. The quantitative estimate of drug-likeness (QED) is 0.280. The number of ether oxygens (including phenoxy) is 1. The number of unbranched alkanes of at least 4 members (excludes halogenated alkanes) is 1. The fourth-order valence-corrected chi connectivity index (χ4v) is 2.90. The summed E-state index contributed by atoms with van der Waals surface area (Å²) in [5.41, 5.74) is -1.03. The Morgan fingerprint density at radius 1 is 1.32 bits per heavy atom. The molecular weight excluding hydrogens is 434 g/mol. The Kier molecular flexibility index (Phi) is 8.67. The second kappa shape index (κ2) is 10.3. The minimum Gasteiger partial charge on any atom is -0.478 e. The first-order chi connectivity index (χ1) is 12.9. The van der Waals surface area contributed by atoms with E-state index in [-0.39, 0.29) is 23.0 Å². The van der Waals surface area contributed by atoms with Crippen LogP contribution in [0.2, 0.25) is 0 Å². The van der Waals surface area contributed by atoms with Crippen molar-refractivity contribution in [3.63, 3.8) is 0 Å². The van der Waals surface area contributed by atoms with E-state index in [1.807, 2.05) is 6.92 Å². The number of aromatic carboxylic acids is 1. The van der Waals surface area contributed by atoms with Crippen LogP contribution in [0.1, 0.15) is 57.3 Å². The van der Waals surface area contributed by atoms with E-state index in [4.69, 9.17) is 4.74 Å². The van der Waals surface area contributed by atoms with E-state index >= 15 is 0 Å². The number of nitrogens with one attached hydrogen (secondary N) is 2. The van der Waals surface area contributed by atoms with Gasteiger partial charge in [0.15, 0.2) is 0 Å². The highest BCUT2D eigenvalue weighted by molar-refractivity contribution is 9.10. The largest absolute Gasteiger partial charge is 0.478 e. The number of carboxylic acids is 1. The third-order valence-electron chi connectivity index (χ3n) is 3.63. The van der Waals surface area contributed by atoms with E-state index in [9.17, 15) is 24.8 Å². The molecular formula is C18H26BrN3O6. The Hall–Kier alpha value is -2.36. The molecule has 0 saturated carbocycles. The second-order valence-corrected chi connectivity index (χ2v) is 8.30. The summed E-state index contributed by atoms with van der Waals surface area (Å²) in [5, 5.41) is 26.3. The molecule has 0 saturated heterocycles. The second-order valence-electron chi connectivity index (χ2n) is 7.38. The van der Waals surface area contributed by atoms with Crippen molar-refractivity contribution in [1.29, 1.82) is 0 Å². The number of alkyl carbamates (subject to hydrolysis) is 1. The van der Waals surface area contributed by atoms with E-state index in [0.717, 1.165) is 6.42 Å². The highest BCUT2D eigenvalue weighted by Gasteiger charge is 2.24. The van der Waals surface area contributed by atoms with Crippen LogP contribution in [-0.2, 0) is 4.74 Å². The van der Waals surface area contributed by atoms with Crippen molar-refractivity contribution in [2.24, 2.45) is 0 Å². The molecule has 3 N–H and O–H groups in total. The lowest BCUT2D eigenvalue weighted by atomic mass is 10.1. The number of anilines is 1. The molecule has 0 aliphatic carbocycles. The van der Waals surface area contributed by atoms with Crippen molar-refractivity contribution in [3.8, 4) is 0 Å². The van der Waals surface area contributed by atoms with Gasteiger partial charge in [-0.15, -0.1) is 0 Å². The summed E-state index contributed by atoms with van der Waals surface area (Å²) in [6.45, 7) is 7.62. The SMILES string of the molecule is C[C@@H](CCCCNC(=O)OC(C)(C)C)Nc1c(C(=O)O)cc(Br)cc1[N+](=O)[O-]. The number of halogens is 1. The van der Waals surface area contributed by atoms with E-state index < -0.39 is 22.6 Å². The number of nitrogens with zero attached hydrogens (tertiary/aromatic N) is 1. The average Bonchev–Trinajstić information content (AvgIpc) is 2.53. The molecule has 1 aromatic rings. The average molecular weight is 460 g/mol. The van der Waals surface area contributed by atoms with Gasteiger partial charge in [0.25, 0.3) is 5.69 Å². The van der Waals surface area contributed by atoms with E-state index in [2.05, 4.69) is 26.6 Å². The molecule has 1 amide bonds. The molecule has 0 bridgehead atoms. The van der Waals surface area contributed by atoms with Crippen LogP contribution in [0.3, 0.4) is 0 Å². The van der Waals surface area contributed by atoms with Crippen molar-refractivity contribution >= 4 is 39.4 Å². The van der Waals surface area contributed by atoms with Gasteiger partial charge in [-0.25, -0.2) is 9.59 Å². The number of benzene rings is 1. The van der Waals surface area contributed by atoms with Crippen LogP contribution in [0.15, 0.2) is 16.6 Å². The van der Waals surface area contributed by atoms with Gasteiger partial charge in [-0.1, -0.05) is 15.9 Å². The molecule has 10 heteroatoms. The van der Waals surface area contributed by atoms with Gasteiger partial charge in [-0.05, 0) is 53.0 Å². The number of carboxylic acid groups (broad SMARTS) is 1. The Bertz CT molecular complexity index is 698. The Labute approximate surface area is 172 Å². The fraction of sp³-hybridized carbons (Fsp3) is 0.556. The molecule has 0 radical (unpaired) electrons. The summed E-state index contributed by atoms with van der Waals surface area (Å²) in [4.78, 5) is 33.7. The molecule has 28 heavy (non-hydrogen) atoms. The predicted molar refractivity (Wildman–Crippen MR) is 109 cm³/mol. The third kappa shape index (κ3) is 8.12. The highest BCUT2D eigenvalue weighted by atomic mass is 79.9. The maximum Gasteiger partial charge on any atom is 0.407 e. The van der Waals surface area contributed by atoms with Gasteiger partial charge < -0.3 is 20.5 Å². The van der Waals surface area contributed by atoms with Gasteiger partial charge in [-0.3, -0.25) is 10.1 Å². The first-order valence-electron chi connectivity index (χ1n) is 8.85. The maximum atomic E-state index is 11.6. The molecule has 0 spiro atoms. The predicted octanol–water partition coefficient (Wildman–Crippen LogP) is 4.55. The van der Waals surface area contributed by atoms with Crippen LogP contribution in [0.4, 0.5) is 16.2 Å².